The SMILES string of the molecule is COCCOc1cccc(NC(=O)CC2(CN)CCCCC2)c1. The van der Waals surface area contributed by atoms with Crippen molar-refractivity contribution in [3.63, 3.8) is 0 Å². The maximum atomic E-state index is 12.4. The Morgan fingerprint density at radius 2 is 2.04 bits per heavy atom. The van der Waals surface area contributed by atoms with Crippen molar-refractivity contribution in [2.75, 3.05) is 32.2 Å². The first kappa shape index (κ1) is 17.8. The van der Waals surface area contributed by atoms with Gasteiger partial charge in [-0.05, 0) is 36.9 Å². The summed E-state index contributed by atoms with van der Waals surface area (Å²) in [7, 11) is 1.64. The van der Waals surface area contributed by atoms with Gasteiger partial charge in [0, 0.05) is 25.3 Å². The Labute approximate surface area is 138 Å². The van der Waals surface area contributed by atoms with Gasteiger partial charge in [0.2, 0.25) is 5.91 Å². The van der Waals surface area contributed by atoms with E-state index in [9.17, 15) is 4.79 Å². The second-order valence-electron chi connectivity index (χ2n) is 6.36. The van der Waals surface area contributed by atoms with Gasteiger partial charge in [-0.1, -0.05) is 25.3 Å². The molecule has 0 aliphatic heterocycles. The number of methoxy groups -OCH3 is 1. The molecule has 128 valence electrons. The van der Waals surface area contributed by atoms with Crippen molar-refractivity contribution < 1.29 is 14.3 Å². The van der Waals surface area contributed by atoms with Gasteiger partial charge in [0.1, 0.15) is 12.4 Å². The minimum Gasteiger partial charge on any atom is -0.491 e. The third-order valence-electron chi connectivity index (χ3n) is 4.56. The van der Waals surface area contributed by atoms with Gasteiger partial charge < -0.3 is 20.5 Å². The lowest BCUT2D eigenvalue weighted by Gasteiger charge is -2.35. The first-order valence-corrected chi connectivity index (χ1v) is 8.39. The average molecular weight is 320 g/mol. The summed E-state index contributed by atoms with van der Waals surface area (Å²) in [6, 6.07) is 7.45. The van der Waals surface area contributed by atoms with Crippen LogP contribution in [0.15, 0.2) is 24.3 Å². The zero-order valence-electron chi connectivity index (χ0n) is 14.0. The minimum atomic E-state index is -0.0189. The second-order valence-corrected chi connectivity index (χ2v) is 6.36. The Morgan fingerprint density at radius 1 is 1.26 bits per heavy atom. The summed E-state index contributed by atoms with van der Waals surface area (Å²) in [5.74, 6) is 0.762. The fraction of sp³-hybridized carbons (Fsp3) is 0.611. The number of benzene rings is 1. The van der Waals surface area contributed by atoms with Gasteiger partial charge in [0.25, 0.3) is 0 Å². The first-order valence-electron chi connectivity index (χ1n) is 8.39. The van der Waals surface area contributed by atoms with Crippen molar-refractivity contribution in [3.8, 4) is 5.75 Å². The number of carbonyl (C=O) groups is 1. The number of hydrogen-bond donors (Lipinski definition) is 2. The molecule has 0 heterocycles. The molecular weight excluding hydrogens is 292 g/mol. The molecule has 1 aliphatic rings. The number of ether oxygens (including phenoxy) is 2. The van der Waals surface area contributed by atoms with Gasteiger partial charge in [0.05, 0.1) is 6.61 Å². The Morgan fingerprint density at radius 3 is 2.74 bits per heavy atom. The Hall–Kier alpha value is -1.59. The van der Waals surface area contributed by atoms with E-state index in [1.807, 2.05) is 24.3 Å². The number of hydrogen-bond acceptors (Lipinski definition) is 4. The monoisotopic (exact) mass is 320 g/mol. The van der Waals surface area contributed by atoms with Crippen LogP contribution in [0.1, 0.15) is 38.5 Å². The molecule has 0 spiro atoms. The van der Waals surface area contributed by atoms with E-state index in [0.29, 0.717) is 26.2 Å². The molecule has 0 saturated heterocycles. The predicted octanol–water partition coefficient (Wildman–Crippen LogP) is 2.95. The third-order valence-corrected chi connectivity index (χ3v) is 4.56. The third kappa shape index (κ3) is 5.52. The van der Waals surface area contributed by atoms with Crippen molar-refractivity contribution >= 4 is 11.6 Å². The maximum Gasteiger partial charge on any atom is 0.224 e. The highest BCUT2D eigenvalue weighted by Gasteiger charge is 2.32. The molecule has 3 N–H and O–H groups in total. The van der Waals surface area contributed by atoms with Crippen LogP contribution in [0, 0.1) is 5.41 Å². The average Bonchev–Trinajstić information content (AvgIpc) is 2.56. The molecule has 1 aliphatic carbocycles. The fourth-order valence-electron chi connectivity index (χ4n) is 3.21. The van der Waals surface area contributed by atoms with Crippen LogP contribution in [0.3, 0.4) is 0 Å². The highest BCUT2D eigenvalue weighted by atomic mass is 16.5. The molecule has 1 aromatic carbocycles. The Bertz CT molecular complexity index is 499. The van der Waals surface area contributed by atoms with Gasteiger partial charge >= 0.3 is 0 Å². The van der Waals surface area contributed by atoms with Crippen LogP contribution in [-0.2, 0) is 9.53 Å². The Balaban J connectivity index is 1.90. The van der Waals surface area contributed by atoms with Gasteiger partial charge in [-0.3, -0.25) is 4.79 Å². The predicted molar refractivity (Wildman–Crippen MR) is 91.6 cm³/mol. The van der Waals surface area contributed by atoms with E-state index in [1.165, 1.54) is 19.3 Å². The van der Waals surface area contributed by atoms with Gasteiger partial charge in [-0.25, -0.2) is 0 Å². The first-order chi connectivity index (χ1) is 11.2. The number of nitrogens with two attached hydrogens (primary N) is 1. The molecule has 0 bridgehead atoms. The van der Waals surface area contributed by atoms with E-state index in [4.69, 9.17) is 15.2 Å². The summed E-state index contributed by atoms with van der Waals surface area (Å²) >= 11 is 0. The number of amides is 1. The smallest absolute Gasteiger partial charge is 0.224 e. The quantitative estimate of drug-likeness (QED) is 0.722. The van der Waals surface area contributed by atoms with E-state index < -0.39 is 0 Å². The maximum absolute atomic E-state index is 12.4. The van der Waals surface area contributed by atoms with E-state index in [2.05, 4.69) is 5.32 Å². The van der Waals surface area contributed by atoms with Crippen LogP contribution >= 0.6 is 0 Å². The van der Waals surface area contributed by atoms with Crippen molar-refractivity contribution in [2.24, 2.45) is 11.1 Å². The number of carbonyl (C=O) groups excluding carboxylic acids is 1. The minimum absolute atomic E-state index is 0.0189. The Kier molecular flexibility index (Phi) is 6.86. The molecule has 2 rings (SSSR count). The standard InChI is InChI=1S/C18H28N2O3/c1-22-10-11-23-16-7-5-6-15(12-16)20-17(21)13-18(14-19)8-3-2-4-9-18/h5-7,12H,2-4,8-11,13-14,19H2,1H3,(H,20,21). The summed E-state index contributed by atoms with van der Waals surface area (Å²) in [6.07, 6.45) is 6.21. The highest BCUT2D eigenvalue weighted by Crippen LogP contribution is 2.38. The van der Waals surface area contributed by atoms with Gasteiger partial charge in [-0.2, -0.15) is 0 Å². The lowest BCUT2D eigenvalue weighted by molar-refractivity contribution is -0.118. The fourth-order valence-corrected chi connectivity index (χ4v) is 3.21. The molecule has 0 radical (unpaired) electrons. The molecule has 1 saturated carbocycles. The number of nitrogens with one attached hydrogen (secondary N) is 1. The van der Waals surface area contributed by atoms with E-state index >= 15 is 0 Å². The molecule has 1 amide bonds. The summed E-state index contributed by atoms with van der Waals surface area (Å²) in [6.45, 7) is 1.61. The summed E-state index contributed by atoms with van der Waals surface area (Å²) in [5, 5.41) is 2.97. The molecule has 5 heteroatoms. The molecule has 5 nitrogen and oxygen atoms in total. The molecule has 0 unspecified atom stereocenters. The second kappa shape index (κ2) is 8.89. The summed E-state index contributed by atoms with van der Waals surface area (Å²) < 4.78 is 10.5. The van der Waals surface area contributed by atoms with Crippen molar-refractivity contribution in [1.82, 2.24) is 0 Å². The zero-order chi connectivity index (χ0) is 16.5. The largest absolute Gasteiger partial charge is 0.491 e. The van der Waals surface area contributed by atoms with Crippen molar-refractivity contribution in [1.29, 1.82) is 0 Å². The van der Waals surface area contributed by atoms with Crippen LogP contribution in [0.25, 0.3) is 0 Å². The topological polar surface area (TPSA) is 73.6 Å². The highest BCUT2D eigenvalue weighted by molar-refractivity contribution is 5.91. The lowest BCUT2D eigenvalue weighted by Crippen LogP contribution is -2.36. The van der Waals surface area contributed by atoms with Crippen LogP contribution in [0.4, 0.5) is 5.69 Å². The number of rotatable bonds is 8. The molecule has 1 fully saturated rings. The van der Waals surface area contributed by atoms with Gasteiger partial charge in [0.15, 0.2) is 0 Å². The summed E-state index contributed by atoms with van der Waals surface area (Å²) in [4.78, 5) is 12.4. The molecule has 1 aromatic rings. The van der Waals surface area contributed by atoms with Crippen molar-refractivity contribution in [3.05, 3.63) is 24.3 Å². The van der Waals surface area contributed by atoms with Crippen molar-refractivity contribution in [2.45, 2.75) is 38.5 Å². The zero-order valence-corrected chi connectivity index (χ0v) is 14.0. The number of anilines is 1. The van der Waals surface area contributed by atoms with E-state index in [1.54, 1.807) is 7.11 Å². The summed E-state index contributed by atoms with van der Waals surface area (Å²) in [5.41, 5.74) is 6.70. The van der Waals surface area contributed by atoms with E-state index in [0.717, 1.165) is 24.3 Å². The van der Waals surface area contributed by atoms with Gasteiger partial charge in [-0.15, -0.1) is 0 Å². The van der Waals surface area contributed by atoms with Crippen LogP contribution in [0.5, 0.6) is 5.75 Å². The normalized spacial score (nSPS) is 16.8. The molecule has 23 heavy (non-hydrogen) atoms. The molecular formula is C18H28N2O3. The molecule has 0 aromatic heterocycles. The lowest BCUT2D eigenvalue weighted by atomic mass is 9.71. The van der Waals surface area contributed by atoms with Crippen LogP contribution in [-0.4, -0.2) is 32.8 Å². The van der Waals surface area contributed by atoms with E-state index in [-0.39, 0.29) is 11.3 Å². The molecule has 0 atom stereocenters. The van der Waals surface area contributed by atoms with Crippen LogP contribution in [0.2, 0.25) is 0 Å². The van der Waals surface area contributed by atoms with Crippen LogP contribution < -0.4 is 15.8 Å².